The second kappa shape index (κ2) is 5.06. The van der Waals surface area contributed by atoms with Crippen molar-refractivity contribution in [2.75, 3.05) is 5.73 Å². The van der Waals surface area contributed by atoms with Gasteiger partial charge >= 0.3 is 0 Å². The van der Waals surface area contributed by atoms with E-state index in [0.717, 1.165) is 26.7 Å². The summed E-state index contributed by atoms with van der Waals surface area (Å²) in [7, 11) is 0. The number of nitrogen functional groups attached to an aromatic ring is 1. The van der Waals surface area contributed by atoms with Crippen LogP contribution in [0.1, 0.15) is 4.88 Å². The second-order valence-electron chi connectivity index (χ2n) is 4.52. The zero-order chi connectivity index (χ0) is 14.1. The van der Waals surface area contributed by atoms with Gasteiger partial charge in [0.25, 0.3) is 0 Å². The first-order chi connectivity index (χ1) is 9.65. The minimum atomic E-state index is -0.254. The van der Waals surface area contributed by atoms with Crippen LogP contribution in [0.3, 0.4) is 0 Å². The molecule has 0 aliphatic heterocycles. The van der Waals surface area contributed by atoms with Crippen molar-refractivity contribution in [3.63, 3.8) is 0 Å². The van der Waals surface area contributed by atoms with E-state index in [4.69, 9.17) is 5.73 Å². The summed E-state index contributed by atoms with van der Waals surface area (Å²) >= 11 is 1.57. The molecule has 0 aliphatic carbocycles. The highest BCUT2D eigenvalue weighted by Gasteiger charge is 2.13. The quantitative estimate of drug-likeness (QED) is 0.703. The van der Waals surface area contributed by atoms with Crippen LogP contribution in [0, 0.1) is 12.7 Å². The van der Waals surface area contributed by atoms with Gasteiger partial charge in [0.1, 0.15) is 10.8 Å². The van der Waals surface area contributed by atoms with Gasteiger partial charge in [0.15, 0.2) is 0 Å². The fourth-order valence-corrected chi connectivity index (χ4v) is 3.09. The lowest BCUT2D eigenvalue weighted by Crippen LogP contribution is -1.88. The molecule has 0 fully saturated rings. The zero-order valence-electron chi connectivity index (χ0n) is 10.9. The van der Waals surface area contributed by atoms with E-state index in [0.29, 0.717) is 5.69 Å². The third-order valence-electron chi connectivity index (χ3n) is 3.09. The Labute approximate surface area is 120 Å². The number of rotatable bonds is 2. The van der Waals surface area contributed by atoms with Crippen molar-refractivity contribution in [2.45, 2.75) is 6.92 Å². The van der Waals surface area contributed by atoms with E-state index in [9.17, 15) is 4.39 Å². The van der Waals surface area contributed by atoms with E-state index in [1.165, 1.54) is 12.1 Å². The van der Waals surface area contributed by atoms with Crippen LogP contribution in [-0.4, -0.2) is 4.98 Å². The summed E-state index contributed by atoms with van der Waals surface area (Å²) in [5, 5.41) is 0.861. The molecule has 0 atom stereocenters. The Morgan fingerprint density at radius 3 is 2.65 bits per heavy atom. The molecule has 3 rings (SSSR count). The SMILES string of the molecule is Cc1sc(-c2ccccc2N)nc1-c1cccc(F)c1. The topological polar surface area (TPSA) is 38.9 Å². The molecular formula is C16H13FN2S. The third kappa shape index (κ3) is 2.30. The van der Waals surface area contributed by atoms with Gasteiger partial charge in [-0.1, -0.05) is 24.3 Å². The molecule has 100 valence electrons. The van der Waals surface area contributed by atoms with Crippen molar-refractivity contribution < 1.29 is 4.39 Å². The summed E-state index contributed by atoms with van der Waals surface area (Å²) in [4.78, 5) is 5.67. The molecule has 0 spiro atoms. The molecule has 2 N–H and O–H groups in total. The molecule has 4 heteroatoms. The lowest BCUT2D eigenvalue weighted by molar-refractivity contribution is 0.628. The van der Waals surface area contributed by atoms with Gasteiger partial charge in [-0.2, -0.15) is 0 Å². The first kappa shape index (κ1) is 12.8. The van der Waals surface area contributed by atoms with E-state index in [1.807, 2.05) is 37.3 Å². The van der Waals surface area contributed by atoms with Crippen molar-refractivity contribution in [2.24, 2.45) is 0 Å². The Hall–Kier alpha value is -2.20. The summed E-state index contributed by atoms with van der Waals surface area (Å²) < 4.78 is 13.3. The molecule has 20 heavy (non-hydrogen) atoms. The number of para-hydroxylation sites is 1. The molecule has 0 bridgehead atoms. The van der Waals surface area contributed by atoms with Crippen molar-refractivity contribution in [3.8, 4) is 21.8 Å². The van der Waals surface area contributed by atoms with E-state index in [2.05, 4.69) is 4.98 Å². The number of halogens is 1. The number of aryl methyl sites for hydroxylation is 1. The second-order valence-corrected chi connectivity index (χ2v) is 5.72. The number of hydrogen-bond donors (Lipinski definition) is 1. The summed E-state index contributed by atoms with van der Waals surface area (Å²) in [6.07, 6.45) is 0. The highest BCUT2D eigenvalue weighted by Crippen LogP contribution is 2.35. The van der Waals surface area contributed by atoms with Crippen LogP contribution < -0.4 is 5.73 Å². The fourth-order valence-electron chi connectivity index (χ4n) is 2.11. The van der Waals surface area contributed by atoms with Gasteiger partial charge in [-0.15, -0.1) is 11.3 Å². The molecule has 0 radical (unpaired) electrons. The number of anilines is 1. The Morgan fingerprint density at radius 1 is 1.10 bits per heavy atom. The number of aromatic nitrogens is 1. The van der Waals surface area contributed by atoms with Crippen molar-refractivity contribution in [1.29, 1.82) is 0 Å². The van der Waals surface area contributed by atoms with Gasteiger partial charge < -0.3 is 5.73 Å². The zero-order valence-corrected chi connectivity index (χ0v) is 11.7. The molecule has 1 aromatic heterocycles. The summed E-state index contributed by atoms with van der Waals surface area (Å²) in [5.74, 6) is -0.254. The molecule has 1 heterocycles. The van der Waals surface area contributed by atoms with Crippen LogP contribution in [-0.2, 0) is 0 Å². The van der Waals surface area contributed by atoms with Crippen LogP contribution in [0.2, 0.25) is 0 Å². The van der Waals surface area contributed by atoms with Crippen LogP contribution >= 0.6 is 11.3 Å². The molecule has 3 aromatic rings. The Balaban J connectivity index is 2.10. The van der Waals surface area contributed by atoms with Gasteiger partial charge in [-0.3, -0.25) is 0 Å². The van der Waals surface area contributed by atoms with Gasteiger partial charge in [0.05, 0.1) is 5.69 Å². The monoisotopic (exact) mass is 284 g/mol. The molecule has 0 saturated heterocycles. The largest absolute Gasteiger partial charge is 0.398 e. The van der Waals surface area contributed by atoms with E-state index in [1.54, 1.807) is 17.4 Å². The minimum absolute atomic E-state index is 0.254. The standard InChI is InChI=1S/C16H13FN2S/c1-10-15(11-5-4-6-12(17)9-11)19-16(20-10)13-7-2-3-8-14(13)18/h2-9H,18H2,1H3. The number of nitrogens with zero attached hydrogens (tertiary/aromatic N) is 1. The third-order valence-corrected chi connectivity index (χ3v) is 4.09. The molecule has 0 aliphatic rings. The molecule has 0 unspecified atom stereocenters. The van der Waals surface area contributed by atoms with E-state index in [-0.39, 0.29) is 5.82 Å². The molecule has 0 saturated carbocycles. The predicted octanol–water partition coefficient (Wildman–Crippen LogP) is 4.51. The van der Waals surface area contributed by atoms with Gasteiger partial charge in [0, 0.05) is 21.7 Å². The maximum absolute atomic E-state index is 13.3. The van der Waals surface area contributed by atoms with E-state index < -0.39 is 0 Å². The predicted molar refractivity (Wildman–Crippen MR) is 82.1 cm³/mol. The fraction of sp³-hybridized carbons (Fsp3) is 0.0625. The maximum atomic E-state index is 13.3. The highest BCUT2D eigenvalue weighted by molar-refractivity contribution is 7.15. The van der Waals surface area contributed by atoms with Gasteiger partial charge in [0.2, 0.25) is 0 Å². The summed E-state index contributed by atoms with van der Waals surface area (Å²) in [6, 6.07) is 14.1. The normalized spacial score (nSPS) is 10.7. The first-order valence-electron chi connectivity index (χ1n) is 6.23. The summed E-state index contributed by atoms with van der Waals surface area (Å²) in [5.41, 5.74) is 9.21. The Bertz CT molecular complexity index is 765. The van der Waals surface area contributed by atoms with Crippen LogP contribution in [0.15, 0.2) is 48.5 Å². The molecule has 0 amide bonds. The molecule has 2 nitrogen and oxygen atoms in total. The van der Waals surface area contributed by atoms with Crippen LogP contribution in [0.5, 0.6) is 0 Å². The minimum Gasteiger partial charge on any atom is -0.398 e. The van der Waals surface area contributed by atoms with Crippen molar-refractivity contribution in [1.82, 2.24) is 4.98 Å². The number of thiazole rings is 1. The average molecular weight is 284 g/mol. The van der Waals surface area contributed by atoms with Crippen LogP contribution in [0.25, 0.3) is 21.8 Å². The highest BCUT2D eigenvalue weighted by atomic mass is 32.1. The van der Waals surface area contributed by atoms with Crippen molar-refractivity contribution in [3.05, 3.63) is 59.2 Å². The van der Waals surface area contributed by atoms with Crippen molar-refractivity contribution >= 4 is 17.0 Å². The Kier molecular flexibility index (Phi) is 3.24. The lowest BCUT2D eigenvalue weighted by Gasteiger charge is -2.00. The number of hydrogen-bond acceptors (Lipinski definition) is 3. The van der Waals surface area contributed by atoms with E-state index >= 15 is 0 Å². The molecular weight excluding hydrogens is 271 g/mol. The summed E-state index contributed by atoms with van der Waals surface area (Å²) in [6.45, 7) is 1.99. The lowest BCUT2D eigenvalue weighted by atomic mass is 10.1. The van der Waals surface area contributed by atoms with Crippen LogP contribution in [0.4, 0.5) is 10.1 Å². The Morgan fingerprint density at radius 2 is 1.90 bits per heavy atom. The molecule has 2 aromatic carbocycles. The average Bonchev–Trinajstić information content (AvgIpc) is 2.81. The number of nitrogens with two attached hydrogens (primary N) is 1. The van der Waals surface area contributed by atoms with Gasteiger partial charge in [-0.25, -0.2) is 9.37 Å². The van der Waals surface area contributed by atoms with Gasteiger partial charge in [-0.05, 0) is 31.2 Å². The first-order valence-corrected chi connectivity index (χ1v) is 7.05. The smallest absolute Gasteiger partial charge is 0.126 e. The maximum Gasteiger partial charge on any atom is 0.126 e. The number of benzene rings is 2.